The highest BCUT2D eigenvalue weighted by molar-refractivity contribution is 6.04. The number of nitrogens with one attached hydrogen (secondary N) is 1. The first kappa shape index (κ1) is 18.4. The molecule has 1 aromatic heterocycles. The molecule has 0 saturated carbocycles. The third kappa shape index (κ3) is 4.16. The minimum absolute atomic E-state index is 0.260. The maximum absolute atomic E-state index is 12.4. The number of nitrogens with zero attached hydrogens (tertiary/aromatic N) is 1. The predicted octanol–water partition coefficient (Wildman–Crippen LogP) is 4.98. The lowest BCUT2D eigenvalue weighted by Gasteiger charge is -2.07. The van der Waals surface area contributed by atoms with E-state index in [-0.39, 0.29) is 5.91 Å². The predicted molar refractivity (Wildman–Crippen MR) is 110 cm³/mol. The Hall–Kier alpha value is -3.93. The van der Waals surface area contributed by atoms with Gasteiger partial charge in [-0.3, -0.25) is 9.59 Å². The van der Waals surface area contributed by atoms with Crippen LogP contribution in [0.5, 0.6) is 5.75 Å². The van der Waals surface area contributed by atoms with Crippen LogP contribution in [0.1, 0.15) is 22.8 Å². The van der Waals surface area contributed by atoms with E-state index in [0.29, 0.717) is 22.9 Å². The number of hydrogen-bond donors (Lipinski definition) is 1. The lowest BCUT2D eigenvalue weighted by atomic mass is 10.1. The molecule has 144 valence electrons. The van der Waals surface area contributed by atoms with Crippen LogP contribution in [0.15, 0.2) is 71.1 Å². The van der Waals surface area contributed by atoms with Crippen molar-refractivity contribution in [2.24, 2.45) is 0 Å². The maximum Gasteiger partial charge on any atom is 0.308 e. The molecule has 29 heavy (non-hydrogen) atoms. The lowest BCUT2D eigenvalue weighted by Crippen LogP contribution is -2.11. The molecule has 6 heteroatoms. The fourth-order valence-electron chi connectivity index (χ4n) is 2.90. The van der Waals surface area contributed by atoms with Crippen LogP contribution in [0.3, 0.4) is 0 Å². The summed E-state index contributed by atoms with van der Waals surface area (Å²) in [6, 6.07) is 19.5. The standard InChI is InChI=1S/C23H18N2O4/c1-14-3-12-21-20(13-14)25-23(29-21)17-4-8-18(9-5-17)24-22(27)16-6-10-19(11-7-16)28-15(2)26/h3-13H,1-2H3,(H,24,27). The minimum Gasteiger partial charge on any atom is -0.436 e. The molecule has 0 spiro atoms. The maximum atomic E-state index is 12.4. The number of aromatic nitrogens is 1. The summed E-state index contributed by atoms with van der Waals surface area (Å²) in [7, 11) is 0. The van der Waals surface area contributed by atoms with E-state index in [2.05, 4.69) is 10.3 Å². The van der Waals surface area contributed by atoms with Crippen LogP contribution in [0.4, 0.5) is 5.69 Å². The van der Waals surface area contributed by atoms with Crippen LogP contribution < -0.4 is 10.1 Å². The van der Waals surface area contributed by atoms with E-state index in [1.165, 1.54) is 6.92 Å². The van der Waals surface area contributed by atoms with Crippen LogP contribution >= 0.6 is 0 Å². The van der Waals surface area contributed by atoms with Gasteiger partial charge in [-0.05, 0) is 73.2 Å². The molecule has 4 rings (SSSR count). The molecule has 0 atom stereocenters. The van der Waals surface area contributed by atoms with Crippen molar-refractivity contribution in [2.45, 2.75) is 13.8 Å². The van der Waals surface area contributed by atoms with Crippen molar-refractivity contribution < 1.29 is 18.7 Å². The molecule has 0 aliphatic heterocycles. The van der Waals surface area contributed by atoms with Crippen molar-refractivity contribution in [3.05, 3.63) is 77.9 Å². The second kappa shape index (κ2) is 7.59. The van der Waals surface area contributed by atoms with Gasteiger partial charge in [0.2, 0.25) is 5.89 Å². The van der Waals surface area contributed by atoms with Crippen LogP contribution in [-0.2, 0) is 4.79 Å². The number of ether oxygens (including phenoxy) is 1. The summed E-state index contributed by atoms with van der Waals surface area (Å²) in [4.78, 5) is 27.9. The van der Waals surface area contributed by atoms with Gasteiger partial charge in [0, 0.05) is 23.7 Å². The molecule has 0 bridgehead atoms. The normalized spacial score (nSPS) is 10.7. The Balaban J connectivity index is 1.47. The lowest BCUT2D eigenvalue weighted by molar-refractivity contribution is -0.131. The summed E-state index contributed by atoms with van der Waals surface area (Å²) >= 11 is 0. The van der Waals surface area contributed by atoms with Gasteiger partial charge in [-0.25, -0.2) is 4.98 Å². The number of anilines is 1. The second-order valence-electron chi connectivity index (χ2n) is 6.64. The average Bonchev–Trinajstić information content (AvgIpc) is 3.11. The van der Waals surface area contributed by atoms with Crippen LogP contribution in [-0.4, -0.2) is 16.9 Å². The van der Waals surface area contributed by atoms with Gasteiger partial charge in [0.15, 0.2) is 5.58 Å². The minimum atomic E-state index is -0.406. The number of hydrogen-bond acceptors (Lipinski definition) is 5. The molecule has 1 heterocycles. The number of carbonyl (C=O) groups excluding carboxylic acids is 2. The molecular formula is C23H18N2O4. The highest BCUT2D eigenvalue weighted by Gasteiger charge is 2.10. The van der Waals surface area contributed by atoms with E-state index in [9.17, 15) is 9.59 Å². The second-order valence-corrected chi connectivity index (χ2v) is 6.64. The molecule has 1 amide bonds. The molecule has 6 nitrogen and oxygen atoms in total. The number of aryl methyl sites for hydroxylation is 1. The molecule has 0 fully saturated rings. The molecule has 0 unspecified atom stereocenters. The molecule has 0 aliphatic rings. The molecule has 1 N–H and O–H groups in total. The third-order valence-electron chi connectivity index (χ3n) is 4.31. The van der Waals surface area contributed by atoms with E-state index in [1.807, 2.05) is 37.3 Å². The first-order valence-electron chi connectivity index (χ1n) is 9.05. The Labute approximate surface area is 167 Å². The molecule has 0 saturated heterocycles. The van der Waals surface area contributed by atoms with Gasteiger partial charge < -0.3 is 14.5 Å². The third-order valence-corrected chi connectivity index (χ3v) is 4.31. The number of esters is 1. The highest BCUT2D eigenvalue weighted by atomic mass is 16.5. The summed E-state index contributed by atoms with van der Waals surface area (Å²) in [5, 5.41) is 2.83. The van der Waals surface area contributed by atoms with Crippen molar-refractivity contribution in [1.29, 1.82) is 0 Å². The first-order chi connectivity index (χ1) is 14.0. The van der Waals surface area contributed by atoms with E-state index >= 15 is 0 Å². The quantitative estimate of drug-likeness (QED) is 0.395. The fourth-order valence-corrected chi connectivity index (χ4v) is 2.90. The summed E-state index contributed by atoms with van der Waals surface area (Å²) in [5.41, 5.74) is 4.60. The zero-order valence-electron chi connectivity index (χ0n) is 15.9. The van der Waals surface area contributed by atoms with Crippen LogP contribution in [0.2, 0.25) is 0 Å². The zero-order valence-corrected chi connectivity index (χ0v) is 15.9. The topological polar surface area (TPSA) is 81.4 Å². The molecule has 3 aromatic carbocycles. The Kier molecular flexibility index (Phi) is 4.83. The van der Waals surface area contributed by atoms with Crippen molar-refractivity contribution in [1.82, 2.24) is 4.98 Å². The Morgan fingerprint density at radius 2 is 1.69 bits per heavy atom. The Morgan fingerprint density at radius 3 is 2.38 bits per heavy atom. The number of rotatable bonds is 4. The largest absolute Gasteiger partial charge is 0.436 e. The summed E-state index contributed by atoms with van der Waals surface area (Å²) in [6.07, 6.45) is 0. The molecule has 0 aliphatic carbocycles. The van der Waals surface area contributed by atoms with Crippen LogP contribution in [0, 0.1) is 6.92 Å². The van der Waals surface area contributed by atoms with E-state index in [0.717, 1.165) is 22.2 Å². The average molecular weight is 386 g/mol. The van der Waals surface area contributed by atoms with Gasteiger partial charge in [0.05, 0.1) is 0 Å². The van der Waals surface area contributed by atoms with Crippen molar-refractivity contribution in [3.63, 3.8) is 0 Å². The Bertz CT molecular complexity index is 1190. The number of fused-ring (bicyclic) bond motifs is 1. The SMILES string of the molecule is CC(=O)Oc1ccc(C(=O)Nc2ccc(-c3nc4cc(C)ccc4o3)cc2)cc1. The van der Waals surface area contributed by atoms with Gasteiger partial charge in [-0.1, -0.05) is 6.07 Å². The van der Waals surface area contributed by atoms with Gasteiger partial charge in [-0.15, -0.1) is 0 Å². The molecule has 4 aromatic rings. The van der Waals surface area contributed by atoms with Crippen molar-refractivity contribution >= 4 is 28.7 Å². The molecular weight excluding hydrogens is 368 g/mol. The van der Waals surface area contributed by atoms with Gasteiger partial charge in [0.1, 0.15) is 11.3 Å². The smallest absolute Gasteiger partial charge is 0.308 e. The summed E-state index contributed by atoms with van der Waals surface area (Å²) < 4.78 is 10.8. The van der Waals surface area contributed by atoms with Gasteiger partial charge in [-0.2, -0.15) is 0 Å². The monoisotopic (exact) mass is 386 g/mol. The molecule has 0 radical (unpaired) electrons. The fraction of sp³-hybridized carbons (Fsp3) is 0.0870. The number of amides is 1. The van der Waals surface area contributed by atoms with Gasteiger partial charge >= 0.3 is 5.97 Å². The number of oxazole rings is 1. The highest BCUT2D eigenvalue weighted by Crippen LogP contribution is 2.26. The van der Waals surface area contributed by atoms with E-state index in [4.69, 9.17) is 9.15 Å². The zero-order chi connectivity index (χ0) is 20.4. The van der Waals surface area contributed by atoms with Crippen molar-refractivity contribution in [2.75, 3.05) is 5.32 Å². The summed E-state index contributed by atoms with van der Waals surface area (Å²) in [6.45, 7) is 3.33. The van der Waals surface area contributed by atoms with E-state index < -0.39 is 5.97 Å². The van der Waals surface area contributed by atoms with Crippen LogP contribution in [0.25, 0.3) is 22.6 Å². The Morgan fingerprint density at radius 1 is 0.966 bits per heavy atom. The summed E-state index contributed by atoms with van der Waals surface area (Å²) in [5.74, 6) is 0.261. The van der Waals surface area contributed by atoms with Gasteiger partial charge in [0.25, 0.3) is 5.91 Å². The number of benzene rings is 3. The first-order valence-corrected chi connectivity index (χ1v) is 9.05. The number of carbonyl (C=O) groups is 2. The van der Waals surface area contributed by atoms with E-state index in [1.54, 1.807) is 36.4 Å². The van der Waals surface area contributed by atoms with Crippen molar-refractivity contribution in [3.8, 4) is 17.2 Å².